The summed E-state index contributed by atoms with van der Waals surface area (Å²) >= 11 is 7.07. The first-order valence-electron chi connectivity index (χ1n) is 6.73. The molecule has 0 aliphatic carbocycles. The normalized spacial score (nSPS) is 14.2. The Labute approximate surface area is 133 Å². The number of hydrogen-bond acceptors (Lipinski definition) is 2. The maximum Gasteiger partial charge on any atom is 0.147 e. The monoisotopic (exact) mass is 391 g/mol. The molecule has 2 atom stereocenters. The number of rotatable bonds is 7. The number of nitrogens with one attached hydrogen (secondary N) is 1. The molecule has 2 unspecified atom stereocenters. The number of benzene rings is 1. The van der Waals surface area contributed by atoms with Crippen LogP contribution in [-0.4, -0.2) is 13.2 Å². The highest BCUT2D eigenvalue weighted by molar-refractivity contribution is 9.11. The van der Waals surface area contributed by atoms with Crippen LogP contribution in [0.5, 0.6) is 5.75 Å². The fourth-order valence-electron chi connectivity index (χ4n) is 2.06. The van der Waals surface area contributed by atoms with Crippen LogP contribution < -0.4 is 10.1 Å². The minimum atomic E-state index is 0.537. The van der Waals surface area contributed by atoms with Crippen LogP contribution in [0.15, 0.2) is 21.1 Å². The minimum absolute atomic E-state index is 0.537. The van der Waals surface area contributed by atoms with Gasteiger partial charge < -0.3 is 10.1 Å². The minimum Gasteiger partial charge on any atom is -0.494 e. The third-order valence-electron chi connectivity index (χ3n) is 3.37. The maximum atomic E-state index is 5.31. The molecule has 2 nitrogen and oxygen atoms in total. The van der Waals surface area contributed by atoms with E-state index in [4.69, 9.17) is 4.74 Å². The van der Waals surface area contributed by atoms with E-state index in [0.717, 1.165) is 27.2 Å². The summed E-state index contributed by atoms with van der Waals surface area (Å²) in [5.41, 5.74) is 1.25. The van der Waals surface area contributed by atoms with Gasteiger partial charge in [-0.05, 0) is 68.8 Å². The first-order valence-corrected chi connectivity index (χ1v) is 8.31. The van der Waals surface area contributed by atoms with Crippen LogP contribution in [0.1, 0.15) is 39.2 Å². The van der Waals surface area contributed by atoms with Crippen LogP contribution in [0.25, 0.3) is 0 Å². The highest BCUT2D eigenvalue weighted by Crippen LogP contribution is 2.34. The van der Waals surface area contributed by atoms with Gasteiger partial charge in [0.05, 0.1) is 16.1 Å². The van der Waals surface area contributed by atoms with E-state index in [1.807, 2.05) is 0 Å². The lowest BCUT2D eigenvalue weighted by molar-refractivity contribution is 0.406. The first kappa shape index (κ1) is 17.0. The molecule has 0 bridgehead atoms. The molecule has 1 aromatic rings. The average molecular weight is 393 g/mol. The fraction of sp³-hybridized carbons (Fsp3) is 0.600. The summed E-state index contributed by atoms with van der Waals surface area (Å²) in [7, 11) is 1.68. The van der Waals surface area contributed by atoms with E-state index in [2.05, 4.69) is 70.1 Å². The average Bonchev–Trinajstić information content (AvgIpc) is 2.36. The SMILES string of the molecule is CCC(C)CC(C)NCc1cc(Br)c(OC)c(Br)c1. The van der Waals surface area contributed by atoms with E-state index in [9.17, 15) is 0 Å². The van der Waals surface area contributed by atoms with Crippen molar-refractivity contribution in [1.82, 2.24) is 5.32 Å². The maximum absolute atomic E-state index is 5.31. The van der Waals surface area contributed by atoms with E-state index < -0.39 is 0 Å². The van der Waals surface area contributed by atoms with Gasteiger partial charge in [-0.1, -0.05) is 20.3 Å². The van der Waals surface area contributed by atoms with Crippen molar-refractivity contribution in [1.29, 1.82) is 0 Å². The van der Waals surface area contributed by atoms with Gasteiger partial charge in [-0.15, -0.1) is 0 Å². The summed E-state index contributed by atoms with van der Waals surface area (Å²) in [5, 5.41) is 3.57. The zero-order chi connectivity index (χ0) is 14.4. The first-order chi connectivity index (χ1) is 8.97. The van der Waals surface area contributed by atoms with E-state index >= 15 is 0 Å². The van der Waals surface area contributed by atoms with Crippen molar-refractivity contribution in [3.05, 3.63) is 26.6 Å². The van der Waals surface area contributed by atoms with Gasteiger partial charge in [-0.2, -0.15) is 0 Å². The number of ether oxygens (including phenoxy) is 1. The molecule has 0 aromatic heterocycles. The third-order valence-corrected chi connectivity index (χ3v) is 4.55. The zero-order valence-corrected chi connectivity index (χ0v) is 15.3. The van der Waals surface area contributed by atoms with Crippen molar-refractivity contribution in [2.24, 2.45) is 5.92 Å². The second kappa shape index (κ2) is 8.28. The lowest BCUT2D eigenvalue weighted by Gasteiger charge is -2.18. The van der Waals surface area contributed by atoms with Crippen LogP contribution in [0.2, 0.25) is 0 Å². The molecular formula is C15H23Br2NO. The lowest BCUT2D eigenvalue weighted by Crippen LogP contribution is -2.27. The molecule has 4 heteroatoms. The Morgan fingerprint density at radius 2 is 1.79 bits per heavy atom. The van der Waals surface area contributed by atoms with Crippen molar-refractivity contribution in [2.45, 2.75) is 46.2 Å². The molecule has 0 heterocycles. The summed E-state index contributed by atoms with van der Waals surface area (Å²) in [6.45, 7) is 7.67. The topological polar surface area (TPSA) is 21.3 Å². The summed E-state index contributed by atoms with van der Waals surface area (Å²) in [4.78, 5) is 0. The van der Waals surface area contributed by atoms with E-state index in [-0.39, 0.29) is 0 Å². The lowest BCUT2D eigenvalue weighted by atomic mass is 10.0. The van der Waals surface area contributed by atoms with Crippen LogP contribution >= 0.6 is 31.9 Å². The molecule has 0 saturated carbocycles. The number of halogens is 2. The van der Waals surface area contributed by atoms with Crippen LogP contribution in [-0.2, 0) is 6.54 Å². The van der Waals surface area contributed by atoms with Crippen molar-refractivity contribution in [2.75, 3.05) is 7.11 Å². The van der Waals surface area contributed by atoms with Gasteiger partial charge in [0.15, 0.2) is 0 Å². The summed E-state index contributed by atoms with van der Waals surface area (Å²) in [5.74, 6) is 1.62. The Hall–Kier alpha value is -0.0600. The molecule has 0 amide bonds. The molecule has 0 fully saturated rings. The molecule has 1 aromatic carbocycles. The largest absolute Gasteiger partial charge is 0.494 e. The Morgan fingerprint density at radius 3 is 2.26 bits per heavy atom. The van der Waals surface area contributed by atoms with E-state index in [1.54, 1.807) is 7.11 Å². The smallest absolute Gasteiger partial charge is 0.147 e. The molecule has 0 aliphatic heterocycles. The highest BCUT2D eigenvalue weighted by atomic mass is 79.9. The number of hydrogen-bond donors (Lipinski definition) is 1. The highest BCUT2D eigenvalue weighted by Gasteiger charge is 2.10. The molecule has 19 heavy (non-hydrogen) atoms. The van der Waals surface area contributed by atoms with Crippen LogP contribution in [0, 0.1) is 5.92 Å². The molecule has 1 N–H and O–H groups in total. The fourth-order valence-corrected chi connectivity index (χ4v) is 3.66. The van der Waals surface area contributed by atoms with Crippen molar-refractivity contribution in [3.8, 4) is 5.75 Å². The summed E-state index contributed by atoms with van der Waals surface area (Å²) < 4.78 is 7.27. The van der Waals surface area contributed by atoms with Gasteiger partial charge in [0, 0.05) is 12.6 Å². The van der Waals surface area contributed by atoms with E-state index in [1.165, 1.54) is 18.4 Å². The zero-order valence-electron chi connectivity index (χ0n) is 12.1. The van der Waals surface area contributed by atoms with Gasteiger partial charge in [0.1, 0.15) is 5.75 Å². The number of methoxy groups -OCH3 is 1. The predicted molar refractivity (Wildman–Crippen MR) is 88.8 cm³/mol. The molecule has 0 aliphatic rings. The summed E-state index contributed by atoms with van der Waals surface area (Å²) in [6.07, 6.45) is 2.46. The quantitative estimate of drug-likeness (QED) is 0.693. The Balaban J connectivity index is 2.59. The summed E-state index contributed by atoms with van der Waals surface area (Å²) in [6, 6.07) is 4.74. The van der Waals surface area contributed by atoms with Gasteiger partial charge in [-0.25, -0.2) is 0 Å². The Morgan fingerprint density at radius 1 is 1.21 bits per heavy atom. The molecule has 0 spiro atoms. The van der Waals surface area contributed by atoms with Gasteiger partial charge >= 0.3 is 0 Å². The molecular weight excluding hydrogens is 370 g/mol. The standard InChI is InChI=1S/C15H23Br2NO/c1-5-10(2)6-11(3)18-9-12-7-13(16)15(19-4)14(17)8-12/h7-8,10-11,18H,5-6,9H2,1-4H3. The van der Waals surface area contributed by atoms with Crippen molar-refractivity contribution >= 4 is 31.9 Å². The second-order valence-corrected chi connectivity index (χ2v) is 6.83. The predicted octanol–water partition coefficient (Wildman–Crippen LogP) is 5.13. The Kier molecular flexibility index (Phi) is 7.40. The molecule has 108 valence electrons. The molecule has 1 rings (SSSR count). The van der Waals surface area contributed by atoms with Gasteiger partial charge in [0.25, 0.3) is 0 Å². The van der Waals surface area contributed by atoms with Crippen molar-refractivity contribution in [3.63, 3.8) is 0 Å². The Bertz CT molecular complexity index is 386. The molecule has 0 saturated heterocycles. The van der Waals surface area contributed by atoms with Gasteiger partial charge in [0.2, 0.25) is 0 Å². The third kappa shape index (κ3) is 5.44. The molecule has 0 radical (unpaired) electrons. The van der Waals surface area contributed by atoms with Crippen LogP contribution in [0.4, 0.5) is 0 Å². The van der Waals surface area contributed by atoms with E-state index in [0.29, 0.717) is 6.04 Å². The van der Waals surface area contributed by atoms with Gasteiger partial charge in [-0.3, -0.25) is 0 Å². The van der Waals surface area contributed by atoms with Crippen LogP contribution in [0.3, 0.4) is 0 Å². The second-order valence-electron chi connectivity index (χ2n) is 5.12. The van der Waals surface area contributed by atoms with Crippen molar-refractivity contribution < 1.29 is 4.74 Å².